The quantitative estimate of drug-likeness (QED) is 0.837. The van der Waals surface area contributed by atoms with E-state index in [-0.39, 0.29) is 5.84 Å². The molecule has 6 heteroatoms. The van der Waals surface area contributed by atoms with E-state index in [1.165, 1.54) is 0 Å². The lowest BCUT2D eigenvalue weighted by Gasteiger charge is -2.25. The number of hydrogen-bond donors (Lipinski definition) is 1. The predicted octanol–water partition coefficient (Wildman–Crippen LogP) is 1.18. The van der Waals surface area contributed by atoms with Crippen LogP contribution in [0.3, 0.4) is 0 Å². The molecule has 2 N–H and O–H groups in total. The summed E-state index contributed by atoms with van der Waals surface area (Å²) in [6, 6.07) is 12.3. The minimum absolute atomic E-state index is 0.130. The van der Waals surface area contributed by atoms with Crippen molar-refractivity contribution in [1.82, 2.24) is 0 Å². The van der Waals surface area contributed by atoms with E-state index in [0.717, 1.165) is 11.1 Å². The van der Waals surface area contributed by atoms with Gasteiger partial charge in [-0.15, -0.1) is 0 Å². The largest absolute Gasteiger partial charge is 0.386 e. The molecule has 4 rings (SSSR count). The SMILES string of the molecule is Cc1cccc([C@H]2[C@@]3(C#N)C4(N=C(N)[C@]23C#N)OCCO4)c1. The van der Waals surface area contributed by atoms with Crippen LogP contribution in [0.4, 0.5) is 0 Å². The fourth-order valence-electron chi connectivity index (χ4n) is 4.07. The van der Waals surface area contributed by atoms with Crippen LogP contribution in [0.5, 0.6) is 0 Å². The van der Waals surface area contributed by atoms with Crippen molar-refractivity contribution in [2.24, 2.45) is 21.6 Å². The van der Waals surface area contributed by atoms with Crippen molar-refractivity contribution in [3.8, 4) is 12.1 Å². The second kappa shape index (κ2) is 3.86. The number of nitrogens with two attached hydrogens (primary N) is 1. The third-order valence-corrected chi connectivity index (χ3v) is 4.98. The van der Waals surface area contributed by atoms with E-state index in [1.807, 2.05) is 31.2 Å². The van der Waals surface area contributed by atoms with Crippen LogP contribution in [0.25, 0.3) is 0 Å². The maximum atomic E-state index is 9.92. The third kappa shape index (κ3) is 1.13. The molecular weight excluding hydrogens is 280 g/mol. The first-order valence-electron chi connectivity index (χ1n) is 7.11. The molecule has 0 bridgehead atoms. The maximum absolute atomic E-state index is 9.92. The highest BCUT2D eigenvalue weighted by Gasteiger charge is 2.94. The molecule has 3 aliphatic rings. The molecule has 1 saturated heterocycles. The summed E-state index contributed by atoms with van der Waals surface area (Å²) in [7, 11) is 0. The zero-order chi connectivity index (χ0) is 15.6. The third-order valence-electron chi connectivity index (χ3n) is 4.98. The normalized spacial score (nSPS) is 37.2. The minimum Gasteiger partial charge on any atom is -0.386 e. The van der Waals surface area contributed by atoms with E-state index >= 15 is 0 Å². The van der Waals surface area contributed by atoms with Gasteiger partial charge in [-0.1, -0.05) is 29.8 Å². The smallest absolute Gasteiger partial charge is 0.293 e. The number of benzene rings is 1. The summed E-state index contributed by atoms with van der Waals surface area (Å²) < 4.78 is 11.3. The Morgan fingerprint density at radius 1 is 1.27 bits per heavy atom. The zero-order valence-electron chi connectivity index (χ0n) is 12.0. The van der Waals surface area contributed by atoms with Crippen LogP contribution in [-0.2, 0) is 9.47 Å². The molecule has 6 nitrogen and oxygen atoms in total. The van der Waals surface area contributed by atoms with Crippen LogP contribution in [0, 0.1) is 40.4 Å². The van der Waals surface area contributed by atoms with Gasteiger partial charge in [0.05, 0.1) is 25.4 Å². The molecule has 1 saturated carbocycles. The van der Waals surface area contributed by atoms with Crippen molar-refractivity contribution < 1.29 is 9.47 Å². The molecule has 0 amide bonds. The van der Waals surface area contributed by atoms with E-state index < -0.39 is 22.7 Å². The van der Waals surface area contributed by atoms with Gasteiger partial charge in [-0.05, 0) is 12.5 Å². The molecule has 1 aromatic rings. The second-order valence-electron chi connectivity index (χ2n) is 5.96. The molecule has 2 fully saturated rings. The van der Waals surface area contributed by atoms with Gasteiger partial charge in [0.2, 0.25) is 0 Å². The van der Waals surface area contributed by atoms with Crippen LogP contribution in [0.1, 0.15) is 17.0 Å². The molecule has 3 atom stereocenters. The monoisotopic (exact) mass is 294 g/mol. The number of fused-ring (bicyclic) bond motifs is 2. The van der Waals surface area contributed by atoms with Gasteiger partial charge in [0.25, 0.3) is 5.91 Å². The summed E-state index contributed by atoms with van der Waals surface area (Å²) in [5, 5.41) is 19.7. The Morgan fingerprint density at radius 2 is 2.00 bits per heavy atom. The molecule has 0 radical (unpaired) electrons. The minimum atomic E-state index is -1.45. The number of nitrogens with zero attached hydrogens (tertiary/aromatic N) is 3. The number of hydrogen-bond acceptors (Lipinski definition) is 6. The highest BCUT2D eigenvalue weighted by molar-refractivity contribution is 6.00. The van der Waals surface area contributed by atoms with Crippen molar-refractivity contribution >= 4 is 5.84 Å². The van der Waals surface area contributed by atoms with Gasteiger partial charge in [-0.3, -0.25) is 0 Å². The van der Waals surface area contributed by atoms with Crippen LogP contribution in [-0.4, -0.2) is 25.0 Å². The summed E-state index contributed by atoms with van der Waals surface area (Å²) in [5.74, 6) is -1.72. The predicted molar refractivity (Wildman–Crippen MR) is 76.3 cm³/mol. The van der Waals surface area contributed by atoms with Gasteiger partial charge in [0.15, 0.2) is 5.41 Å². The zero-order valence-corrected chi connectivity index (χ0v) is 12.0. The second-order valence-corrected chi connectivity index (χ2v) is 5.96. The number of amidine groups is 1. The highest BCUT2D eigenvalue weighted by atomic mass is 16.8. The average Bonchev–Trinajstić information content (AvgIpc) is 2.77. The first-order valence-corrected chi connectivity index (χ1v) is 7.11. The van der Waals surface area contributed by atoms with Gasteiger partial charge < -0.3 is 15.2 Å². The molecular formula is C16H14N4O2. The van der Waals surface area contributed by atoms with E-state index in [1.54, 1.807) is 0 Å². The number of aryl methyl sites for hydroxylation is 1. The van der Waals surface area contributed by atoms with E-state index in [0.29, 0.717) is 13.2 Å². The number of aliphatic imine (C=N–C) groups is 1. The highest BCUT2D eigenvalue weighted by Crippen LogP contribution is 2.82. The van der Waals surface area contributed by atoms with Crippen molar-refractivity contribution in [1.29, 1.82) is 10.5 Å². The van der Waals surface area contributed by atoms with Gasteiger partial charge in [-0.25, -0.2) is 4.99 Å². The molecule has 0 aromatic heterocycles. The topological polar surface area (TPSA) is 104 Å². The maximum Gasteiger partial charge on any atom is 0.293 e. The summed E-state index contributed by atoms with van der Waals surface area (Å²) in [6.07, 6.45) is 0. The summed E-state index contributed by atoms with van der Waals surface area (Å²) >= 11 is 0. The van der Waals surface area contributed by atoms with Crippen molar-refractivity contribution in [3.05, 3.63) is 35.4 Å². The molecule has 2 aliphatic heterocycles. The fraction of sp³-hybridized carbons (Fsp3) is 0.438. The number of nitriles is 2. The first-order chi connectivity index (χ1) is 10.6. The van der Waals surface area contributed by atoms with Crippen LogP contribution < -0.4 is 5.73 Å². The first kappa shape index (κ1) is 13.3. The van der Waals surface area contributed by atoms with E-state index in [4.69, 9.17) is 15.2 Å². The van der Waals surface area contributed by atoms with Crippen LogP contribution in [0.2, 0.25) is 0 Å². The Balaban J connectivity index is 1.94. The Kier molecular flexibility index (Phi) is 2.33. The molecule has 110 valence electrons. The lowest BCUT2D eigenvalue weighted by Crippen LogP contribution is -2.38. The molecule has 1 spiro atoms. The summed E-state index contributed by atoms with van der Waals surface area (Å²) in [6.45, 7) is 2.64. The Labute approximate surface area is 127 Å². The molecule has 22 heavy (non-hydrogen) atoms. The summed E-state index contributed by atoms with van der Waals surface area (Å²) in [5.41, 5.74) is 5.61. The molecule has 1 aromatic carbocycles. The van der Waals surface area contributed by atoms with Crippen LogP contribution >= 0.6 is 0 Å². The summed E-state index contributed by atoms with van der Waals surface area (Å²) in [4.78, 5) is 4.24. The van der Waals surface area contributed by atoms with Crippen molar-refractivity contribution in [2.45, 2.75) is 18.8 Å². The van der Waals surface area contributed by atoms with Gasteiger partial charge in [-0.2, -0.15) is 10.5 Å². The van der Waals surface area contributed by atoms with E-state index in [2.05, 4.69) is 17.1 Å². The van der Waals surface area contributed by atoms with Gasteiger partial charge in [0.1, 0.15) is 11.3 Å². The van der Waals surface area contributed by atoms with Crippen LogP contribution in [0.15, 0.2) is 29.3 Å². The molecule has 0 unspecified atom stereocenters. The molecule has 2 heterocycles. The van der Waals surface area contributed by atoms with Crippen molar-refractivity contribution in [2.75, 3.05) is 13.2 Å². The number of ether oxygens (including phenoxy) is 2. The number of rotatable bonds is 1. The average molecular weight is 294 g/mol. The lowest BCUT2D eigenvalue weighted by atomic mass is 9.93. The molecule has 1 aliphatic carbocycles. The van der Waals surface area contributed by atoms with Crippen molar-refractivity contribution in [3.63, 3.8) is 0 Å². The Morgan fingerprint density at radius 3 is 2.59 bits per heavy atom. The van der Waals surface area contributed by atoms with Gasteiger partial charge >= 0.3 is 0 Å². The Hall–Kier alpha value is -2.41. The van der Waals surface area contributed by atoms with Gasteiger partial charge in [0, 0.05) is 5.92 Å². The Bertz CT molecular complexity index is 784. The fourth-order valence-corrected chi connectivity index (χ4v) is 4.07. The van der Waals surface area contributed by atoms with E-state index in [9.17, 15) is 10.5 Å². The standard InChI is InChI=1S/C16H14N4O2/c1-10-3-2-4-11(7-10)12-14(8-17)13(19)20-16(15(12,14)9-18)21-5-6-22-16/h2-4,7,12H,5-6H2,1H3,(H2,19,20)/t12-,14+,15-/m1/s1. The lowest BCUT2D eigenvalue weighted by molar-refractivity contribution is -0.184.